The molecular formula is C12H14FN3O3. The van der Waals surface area contributed by atoms with E-state index in [4.69, 9.17) is 0 Å². The molecule has 1 amide bonds. The van der Waals surface area contributed by atoms with Gasteiger partial charge in [0, 0.05) is 18.1 Å². The van der Waals surface area contributed by atoms with Gasteiger partial charge in [0.05, 0.1) is 10.6 Å². The molecule has 2 rings (SSSR count). The van der Waals surface area contributed by atoms with Crippen LogP contribution in [0.5, 0.6) is 0 Å². The summed E-state index contributed by atoms with van der Waals surface area (Å²) in [5.74, 6) is -1.05. The van der Waals surface area contributed by atoms with Gasteiger partial charge in [-0.2, -0.15) is 0 Å². The second-order valence-corrected chi connectivity index (χ2v) is 4.62. The summed E-state index contributed by atoms with van der Waals surface area (Å²) in [5, 5.41) is 16.1. The zero-order valence-electron chi connectivity index (χ0n) is 10.4. The number of carbonyl (C=O) groups excluding carboxylic acids is 1. The third-order valence-corrected chi connectivity index (χ3v) is 3.35. The van der Waals surface area contributed by atoms with Gasteiger partial charge in [-0.1, -0.05) is 6.92 Å². The monoisotopic (exact) mass is 267 g/mol. The standard InChI is InChI=1S/C12H14FN3O3/c1-7(8-5-14-6-8)12(17)15-11-4-9(16(18)19)2-3-10(11)13/h2-4,7-8,14H,5-6H2,1H3,(H,15,17). The summed E-state index contributed by atoms with van der Waals surface area (Å²) in [6, 6.07) is 3.06. The summed E-state index contributed by atoms with van der Waals surface area (Å²) in [6.45, 7) is 3.27. The van der Waals surface area contributed by atoms with Crippen molar-refractivity contribution in [2.75, 3.05) is 18.4 Å². The van der Waals surface area contributed by atoms with Crippen molar-refractivity contribution in [1.82, 2.24) is 5.32 Å². The van der Waals surface area contributed by atoms with Crippen molar-refractivity contribution in [3.05, 3.63) is 34.1 Å². The molecule has 0 aromatic heterocycles. The molecule has 1 atom stereocenters. The molecule has 1 fully saturated rings. The van der Waals surface area contributed by atoms with E-state index in [2.05, 4.69) is 10.6 Å². The maximum Gasteiger partial charge on any atom is 0.271 e. The highest BCUT2D eigenvalue weighted by atomic mass is 19.1. The number of non-ortho nitro benzene ring substituents is 1. The molecule has 1 saturated heterocycles. The molecule has 2 N–H and O–H groups in total. The van der Waals surface area contributed by atoms with Gasteiger partial charge in [-0.05, 0) is 25.1 Å². The molecule has 1 aromatic rings. The van der Waals surface area contributed by atoms with Crippen LogP contribution in [0.2, 0.25) is 0 Å². The van der Waals surface area contributed by atoms with Crippen molar-refractivity contribution in [2.45, 2.75) is 6.92 Å². The van der Waals surface area contributed by atoms with Crippen LogP contribution in [0.3, 0.4) is 0 Å². The van der Waals surface area contributed by atoms with Crippen LogP contribution in [0.4, 0.5) is 15.8 Å². The number of rotatable bonds is 4. The van der Waals surface area contributed by atoms with Gasteiger partial charge in [0.2, 0.25) is 5.91 Å². The number of nitro groups is 1. The predicted octanol–water partition coefficient (Wildman–Crippen LogP) is 1.53. The van der Waals surface area contributed by atoms with Crippen LogP contribution < -0.4 is 10.6 Å². The lowest BCUT2D eigenvalue weighted by Crippen LogP contribution is -2.48. The van der Waals surface area contributed by atoms with E-state index in [1.54, 1.807) is 6.92 Å². The summed E-state index contributed by atoms with van der Waals surface area (Å²) in [6.07, 6.45) is 0. The first kappa shape index (κ1) is 13.4. The van der Waals surface area contributed by atoms with Crippen LogP contribution in [-0.2, 0) is 4.79 Å². The number of halogens is 1. The number of nitrogens with one attached hydrogen (secondary N) is 2. The van der Waals surface area contributed by atoms with Gasteiger partial charge in [0.1, 0.15) is 5.82 Å². The van der Waals surface area contributed by atoms with E-state index >= 15 is 0 Å². The van der Waals surface area contributed by atoms with Gasteiger partial charge in [-0.3, -0.25) is 14.9 Å². The van der Waals surface area contributed by atoms with Gasteiger partial charge in [0.15, 0.2) is 0 Å². The quantitative estimate of drug-likeness (QED) is 0.640. The van der Waals surface area contributed by atoms with E-state index in [9.17, 15) is 19.3 Å². The zero-order chi connectivity index (χ0) is 14.0. The number of nitrogens with zero attached hydrogens (tertiary/aromatic N) is 1. The second-order valence-electron chi connectivity index (χ2n) is 4.62. The summed E-state index contributed by atoms with van der Waals surface area (Å²) >= 11 is 0. The van der Waals surface area contributed by atoms with E-state index in [1.165, 1.54) is 0 Å². The average Bonchev–Trinajstić information content (AvgIpc) is 2.29. The Hall–Kier alpha value is -2.02. The molecule has 1 aliphatic heterocycles. The van der Waals surface area contributed by atoms with Gasteiger partial charge in [-0.15, -0.1) is 0 Å². The molecule has 19 heavy (non-hydrogen) atoms. The number of nitro benzene ring substituents is 1. The topological polar surface area (TPSA) is 84.3 Å². The van der Waals surface area contributed by atoms with Gasteiger partial charge in [0.25, 0.3) is 5.69 Å². The molecule has 0 saturated carbocycles. The number of hydrogen-bond donors (Lipinski definition) is 2. The van der Waals surface area contributed by atoms with Crippen LogP contribution in [0, 0.1) is 27.8 Å². The van der Waals surface area contributed by atoms with E-state index in [0.29, 0.717) is 0 Å². The molecule has 102 valence electrons. The molecule has 7 heteroatoms. The molecular weight excluding hydrogens is 253 g/mol. The highest BCUT2D eigenvalue weighted by Gasteiger charge is 2.29. The van der Waals surface area contributed by atoms with Gasteiger partial charge in [-0.25, -0.2) is 4.39 Å². The summed E-state index contributed by atoms with van der Waals surface area (Å²) in [7, 11) is 0. The fraction of sp³-hybridized carbons (Fsp3) is 0.417. The van der Waals surface area contributed by atoms with Crippen molar-refractivity contribution in [1.29, 1.82) is 0 Å². The molecule has 1 unspecified atom stereocenters. The minimum absolute atomic E-state index is 0.154. The maximum atomic E-state index is 13.5. The van der Waals surface area contributed by atoms with E-state index in [1.807, 2.05) is 0 Å². The predicted molar refractivity (Wildman–Crippen MR) is 67.2 cm³/mol. The largest absolute Gasteiger partial charge is 0.323 e. The van der Waals surface area contributed by atoms with Crippen molar-refractivity contribution in [3.8, 4) is 0 Å². The van der Waals surface area contributed by atoms with Crippen LogP contribution >= 0.6 is 0 Å². The number of anilines is 1. The Morgan fingerprint density at radius 1 is 1.58 bits per heavy atom. The van der Waals surface area contributed by atoms with Crippen molar-refractivity contribution < 1.29 is 14.1 Å². The van der Waals surface area contributed by atoms with Crippen molar-refractivity contribution >= 4 is 17.3 Å². The molecule has 0 radical (unpaired) electrons. The highest BCUT2D eigenvalue weighted by molar-refractivity contribution is 5.93. The normalized spacial score (nSPS) is 16.5. The zero-order valence-corrected chi connectivity index (χ0v) is 10.4. The first-order chi connectivity index (χ1) is 8.99. The second kappa shape index (κ2) is 5.31. The Kier molecular flexibility index (Phi) is 3.75. The van der Waals surface area contributed by atoms with Crippen LogP contribution in [-0.4, -0.2) is 23.9 Å². The molecule has 0 aliphatic carbocycles. The fourth-order valence-corrected chi connectivity index (χ4v) is 1.85. The lowest BCUT2D eigenvalue weighted by Gasteiger charge is -2.31. The number of hydrogen-bond acceptors (Lipinski definition) is 4. The third kappa shape index (κ3) is 2.87. The van der Waals surface area contributed by atoms with Gasteiger partial charge < -0.3 is 10.6 Å². The lowest BCUT2D eigenvalue weighted by atomic mass is 9.88. The van der Waals surface area contributed by atoms with Crippen LogP contribution in [0.1, 0.15) is 6.92 Å². The molecule has 1 aliphatic rings. The SMILES string of the molecule is CC(C(=O)Nc1cc([N+](=O)[O-])ccc1F)C1CNC1. The van der Waals surface area contributed by atoms with E-state index < -0.39 is 10.7 Å². The lowest BCUT2D eigenvalue weighted by molar-refractivity contribution is -0.384. The average molecular weight is 267 g/mol. The van der Waals surface area contributed by atoms with Gasteiger partial charge >= 0.3 is 0 Å². The Morgan fingerprint density at radius 3 is 2.79 bits per heavy atom. The molecule has 6 nitrogen and oxygen atoms in total. The molecule has 1 aromatic carbocycles. The molecule has 0 bridgehead atoms. The summed E-state index contributed by atoms with van der Waals surface area (Å²) in [5.41, 5.74) is -0.409. The Labute approximate surface area is 109 Å². The first-order valence-corrected chi connectivity index (χ1v) is 5.94. The van der Waals surface area contributed by atoms with Crippen molar-refractivity contribution in [3.63, 3.8) is 0 Å². The smallest absolute Gasteiger partial charge is 0.271 e. The summed E-state index contributed by atoms with van der Waals surface area (Å²) < 4.78 is 13.5. The third-order valence-electron chi connectivity index (χ3n) is 3.35. The summed E-state index contributed by atoms with van der Waals surface area (Å²) in [4.78, 5) is 21.9. The van der Waals surface area contributed by atoms with E-state index in [0.717, 1.165) is 31.3 Å². The number of amides is 1. The van der Waals surface area contributed by atoms with Crippen LogP contribution in [0.25, 0.3) is 0 Å². The Bertz CT molecular complexity index is 517. The molecule has 1 heterocycles. The number of benzene rings is 1. The van der Waals surface area contributed by atoms with Crippen LogP contribution in [0.15, 0.2) is 18.2 Å². The highest BCUT2D eigenvalue weighted by Crippen LogP contribution is 2.23. The first-order valence-electron chi connectivity index (χ1n) is 5.94. The van der Waals surface area contributed by atoms with Crippen molar-refractivity contribution in [2.24, 2.45) is 11.8 Å². The van der Waals surface area contributed by atoms with E-state index in [-0.39, 0.29) is 29.1 Å². The Morgan fingerprint density at radius 2 is 2.26 bits per heavy atom. The fourth-order valence-electron chi connectivity index (χ4n) is 1.85. The maximum absolute atomic E-state index is 13.5. The minimum Gasteiger partial charge on any atom is -0.323 e. The molecule has 0 spiro atoms. The minimum atomic E-state index is -0.683. The Balaban J connectivity index is 2.11. The number of carbonyl (C=O) groups is 1.